The molecule has 3 aromatic rings. The highest BCUT2D eigenvalue weighted by molar-refractivity contribution is 9.10. The first kappa shape index (κ1) is 19.0. The summed E-state index contributed by atoms with van der Waals surface area (Å²) in [7, 11) is 0. The van der Waals surface area contributed by atoms with Crippen molar-refractivity contribution in [3.05, 3.63) is 91.9 Å². The number of ether oxygens (including phenoxy) is 1. The van der Waals surface area contributed by atoms with Crippen LogP contribution in [0.15, 0.2) is 70.1 Å². The molecule has 0 saturated heterocycles. The van der Waals surface area contributed by atoms with Gasteiger partial charge in [0.1, 0.15) is 12.4 Å². The van der Waals surface area contributed by atoms with E-state index in [-0.39, 0.29) is 0 Å². The first-order chi connectivity index (χ1) is 12.5. The van der Waals surface area contributed by atoms with Crippen molar-refractivity contribution in [3.8, 4) is 5.75 Å². The molecular formula is C21H16BrCl2NO. The first-order valence-corrected chi connectivity index (χ1v) is 9.53. The minimum absolute atomic E-state index is 0.366. The average molecular weight is 449 g/mol. The van der Waals surface area contributed by atoms with E-state index in [1.807, 2.05) is 54.7 Å². The Labute approximate surface area is 171 Å². The van der Waals surface area contributed by atoms with E-state index in [4.69, 9.17) is 27.9 Å². The standard InChI is InChI=1S/C21H16BrCl2NO/c1-14-2-7-18(8-3-14)25-12-15-4-9-21(19(22)10-15)26-13-16-5-6-17(23)11-20(16)24/h2-12H,13H2,1H3. The van der Waals surface area contributed by atoms with Crippen molar-refractivity contribution < 1.29 is 4.74 Å². The molecule has 0 saturated carbocycles. The van der Waals surface area contributed by atoms with Crippen LogP contribution in [0.2, 0.25) is 10.0 Å². The molecule has 0 atom stereocenters. The van der Waals surface area contributed by atoms with Crippen LogP contribution in [0.3, 0.4) is 0 Å². The molecule has 0 aromatic heterocycles. The predicted molar refractivity (Wildman–Crippen MR) is 113 cm³/mol. The quantitative estimate of drug-likeness (QED) is 0.372. The molecule has 0 unspecified atom stereocenters. The monoisotopic (exact) mass is 447 g/mol. The van der Waals surface area contributed by atoms with E-state index in [0.717, 1.165) is 27.0 Å². The average Bonchev–Trinajstić information content (AvgIpc) is 2.62. The second kappa shape index (κ2) is 8.72. The summed E-state index contributed by atoms with van der Waals surface area (Å²) in [6.45, 7) is 2.42. The van der Waals surface area contributed by atoms with Crippen molar-refractivity contribution in [2.45, 2.75) is 13.5 Å². The molecule has 0 heterocycles. The molecule has 0 fully saturated rings. The number of nitrogens with zero attached hydrogens (tertiary/aromatic N) is 1. The van der Waals surface area contributed by atoms with Crippen LogP contribution in [0.1, 0.15) is 16.7 Å². The van der Waals surface area contributed by atoms with Gasteiger partial charge in [-0.15, -0.1) is 0 Å². The van der Waals surface area contributed by atoms with Gasteiger partial charge in [0.05, 0.1) is 10.2 Å². The van der Waals surface area contributed by atoms with Gasteiger partial charge < -0.3 is 4.74 Å². The lowest BCUT2D eigenvalue weighted by atomic mass is 10.2. The number of halogens is 3. The van der Waals surface area contributed by atoms with Crippen LogP contribution in [0.25, 0.3) is 0 Å². The van der Waals surface area contributed by atoms with Crippen LogP contribution in [-0.2, 0) is 6.61 Å². The zero-order chi connectivity index (χ0) is 18.5. The topological polar surface area (TPSA) is 21.6 Å². The van der Waals surface area contributed by atoms with E-state index in [2.05, 4.69) is 27.8 Å². The molecule has 0 aliphatic heterocycles. The largest absolute Gasteiger partial charge is 0.488 e. The van der Waals surface area contributed by atoms with Crippen LogP contribution >= 0.6 is 39.1 Å². The highest BCUT2D eigenvalue weighted by Gasteiger charge is 2.06. The lowest BCUT2D eigenvalue weighted by Gasteiger charge is -2.10. The predicted octanol–water partition coefficient (Wildman–Crippen LogP) is 7.39. The number of hydrogen-bond acceptors (Lipinski definition) is 2. The van der Waals surface area contributed by atoms with Crippen molar-refractivity contribution >= 4 is 51.0 Å². The molecule has 0 bridgehead atoms. The Morgan fingerprint density at radius 3 is 2.46 bits per heavy atom. The zero-order valence-corrected chi connectivity index (χ0v) is 17.1. The maximum atomic E-state index is 6.18. The Morgan fingerprint density at radius 1 is 1.00 bits per heavy atom. The Morgan fingerprint density at radius 2 is 1.77 bits per heavy atom. The van der Waals surface area contributed by atoms with Gasteiger partial charge in [0.15, 0.2) is 0 Å². The smallest absolute Gasteiger partial charge is 0.134 e. The van der Waals surface area contributed by atoms with E-state index >= 15 is 0 Å². The Balaban J connectivity index is 1.68. The van der Waals surface area contributed by atoms with Crippen molar-refractivity contribution in [3.63, 3.8) is 0 Å². The fourth-order valence-corrected chi connectivity index (χ4v) is 3.26. The van der Waals surface area contributed by atoms with Gasteiger partial charge >= 0.3 is 0 Å². The van der Waals surface area contributed by atoms with E-state index in [1.54, 1.807) is 12.1 Å². The maximum absolute atomic E-state index is 6.18. The van der Waals surface area contributed by atoms with E-state index in [1.165, 1.54) is 5.56 Å². The molecule has 0 spiro atoms. The SMILES string of the molecule is Cc1ccc(N=Cc2ccc(OCc3ccc(Cl)cc3Cl)c(Br)c2)cc1. The molecule has 0 aliphatic rings. The van der Waals surface area contributed by atoms with Crippen LogP contribution in [0.5, 0.6) is 5.75 Å². The third kappa shape index (κ3) is 5.10. The molecule has 0 aliphatic carbocycles. The summed E-state index contributed by atoms with van der Waals surface area (Å²) in [5, 5.41) is 1.20. The second-order valence-electron chi connectivity index (χ2n) is 5.81. The Bertz CT molecular complexity index is 939. The zero-order valence-electron chi connectivity index (χ0n) is 14.0. The molecule has 3 rings (SSSR count). The highest BCUT2D eigenvalue weighted by Crippen LogP contribution is 2.28. The molecule has 0 amide bonds. The van der Waals surface area contributed by atoms with Crippen LogP contribution < -0.4 is 4.74 Å². The summed E-state index contributed by atoms with van der Waals surface area (Å²) in [5.74, 6) is 0.739. The lowest BCUT2D eigenvalue weighted by Crippen LogP contribution is -1.97. The molecule has 2 nitrogen and oxygen atoms in total. The number of aliphatic imine (C=N–C) groups is 1. The van der Waals surface area contributed by atoms with Gasteiger partial charge in [-0.25, -0.2) is 0 Å². The fourth-order valence-electron chi connectivity index (χ4n) is 2.29. The summed E-state index contributed by atoms with van der Waals surface area (Å²) in [4.78, 5) is 4.49. The molecule has 3 aromatic carbocycles. The number of aryl methyl sites for hydroxylation is 1. The van der Waals surface area contributed by atoms with Gasteiger partial charge in [-0.05, 0) is 70.9 Å². The van der Waals surface area contributed by atoms with Gasteiger partial charge in [0, 0.05) is 21.8 Å². The van der Waals surface area contributed by atoms with Crippen molar-refractivity contribution in [2.75, 3.05) is 0 Å². The summed E-state index contributed by atoms with van der Waals surface area (Å²) < 4.78 is 6.71. The van der Waals surface area contributed by atoms with E-state index in [9.17, 15) is 0 Å². The molecular weight excluding hydrogens is 433 g/mol. The first-order valence-electron chi connectivity index (χ1n) is 7.98. The maximum Gasteiger partial charge on any atom is 0.134 e. The van der Waals surface area contributed by atoms with Crippen molar-refractivity contribution in [1.29, 1.82) is 0 Å². The van der Waals surface area contributed by atoms with E-state index < -0.39 is 0 Å². The van der Waals surface area contributed by atoms with Crippen LogP contribution in [0, 0.1) is 6.92 Å². The van der Waals surface area contributed by atoms with Gasteiger partial charge in [0.25, 0.3) is 0 Å². The molecule has 26 heavy (non-hydrogen) atoms. The number of rotatable bonds is 5. The molecule has 5 heteroatoms. The normalized spacial score (nSPS) is 11.1. The van der Waals surface area contributed by atoms with Crippen molar-refractivity contribution in [2.24, 2.45) is 4.99 Å². The van der Waals surface area contributed by atoms with Gasteiger partial charge in [-0.3, -0.25) is 4.99 Å². The molecule has 132 valence electrons. The third-order valence-electron chi connectivity index (χ3n) is 3.75. The Kier molecular flexibility index (Phi) is 6.36. The number of benzene rings is 3. The van der Waals surface area contributed by atoms with Gasteiger partial charge in [-0.2, -0.15) is 0 Å². The summed E-state index contributed by atoms with van der Waals surface area (Å²) in [6.07, 6.45) is 1.83. The summed E-state index contributed by atoms with van der Waals surface area (Å²) >= 11 is 15.6. The van der Waals surface area contributed by atoms with Crippen LogP contribution in [0.4, 0.5) is 5.69 Å². The number of hydrogen-bond donors (Lipinski definition) is 0. The Hall–Kier alpha value is -1.81. The summed E-state index contributed by atoms with van der Waals surface area (Å²) in [6, 6.07) is 19.3. The minimum Gasteiger partial charge on any atom is -0.488 e. The molecule has 0 radical (unpaired) electrons. The minimum atomic E-state index is 0.366. The van der Waals surface area contributed by atoms with E-state index in [0.29, 0.717) is 16.7 Å². The summed E-state index contributed by atoms with van der Waals surface area (Å²) in [5.41, 5.74) is 4.00. The lowest BCUT2D eigenvalue weighted by molar-refractivity contribution is 0.304. The fraction of sp³-hybridized carbons (Fsp3) is 0.0952. The van der Waals surface area contributed by atoms with Gasteiger partial charge in [-0.1, -0.05) is 47.0 Å². The second-order valence-corrected chi connectivity index (χ2v) is 7.51. The molecule has 0 N–H and O–H groups in total. The van der Waals surface area contributed by atoms with Gasteiger partial charge in [0.2, 0.25) is 0 Å². The van der Waals surface area contributed by atoms with Crippen LogP contribution in [-0.4, -0.2) is 6.21 Å². The third-order valence-corrected chi connectivity index (χ3v) is 4.96. The highest BCUT2D eigenvalue weighted by atomic mass is 79.9. The van der Waals surface area contributed by atoms with Crippen molar-refractivity contribution in [1.82, 2.24) is 0 Å².